The highest BCUT2D eigenvalue weighted by molar-refractivity contribution is 6.30. The molecule has 0 aliphatic carbocycles. The molecule has 1 atom stereocenters. The molecular weight excluding hydrogens is 214 g/mol. The standard InChI is InChI=1S/C11H10ClNO2/c1-7-6-10(14)13(11(7)15)9-4-2-8(12)3-5-9/h2-5,7H,6H2,1H3/t7-/m0/s1. The van der Waals surface area contributed by atoms with Gasteiger partial charge in [-0.05, 0) is 24.3 Å². The lowest BCUT2D eigenvalue weighted by Crippen LogP contribution is -2.29. The molecule has 4 heteroatoms. The predicted octanol–water partition coefficient (Wildman–Crippen LogP) is 2.24. The van der Waals surface area contributed by atoms with Gasteiger partial charge in [0.1, 0.15) is 0 Å². The number of rotatable bonds is 1. The Labute approximate surface area is 92.6 Å². The molecule has 0 N–H and O–H groups in total. The molecule has 1 heterocycles. The van der Waals surface area contributed by atoms with E-state index >= 15 is 0 Å². The van der Waals surface area contributed by atoms with Crippen LogP contribution < -0.4 is 4.90 Å². The van der Waals surface area contributed by atoms with Gasteiger partial charge in [-0.3, -0.25) is 14.5 Å². The Bertz CT molecular complexity index is 413. The number of hydrogen-bond donors (Lipinski definition) is 0. The third-order valence-electron chi connectivity index (χ3n) is 2.46. The summed E-state index contributed by atoms with van der Waals surface area (Å²) < 4.78 is 0. The fraction of sp³-hybridized carbons (Fsp3) is 0.273. The van der Waals surface area contributed by atoms with Crippen LogP contribution in [0.5, 0.6) is 0 Å². The molecule has 1 aliphatic heterocycles. The molecule has 0 unspecified atom stereocenters. The van der Waals surface area contributed by atoms with Gasteiger partial charge < -0.3 is 0 Å². The van der Waals surface area contributed by atoms with Gasteiger partial charge in [-0.25, -0.2) is 0 Å². The normalized spacial score (nSPS) is 21.2. The van der Waals surface area contributed by atoms with E-state index in [0.717, 1.165) is 0 Å². The summed E-state index contributed by atoms with van der Waals surface area (Å²) in [5.74, 6) is -0.495. The highest BCUT2D eigenvalue weighted by Crippen LogP contribution is 2.26. The molecular formula is C11H10ClNO2. The molecule has 0 saturated carbocycles. The van der Waals surface area contributed by atoms with E-state index in [1.807, 2.05) is 0 Å². The molecule has 0 bridgehead atoms. The summed E-state index contributed by atoms with van der Waals surface area (Å²) in [5, 5.41) is 0.589. The summed E-state index contributed by atoms with van der Waals surface area (Å²) in [6.07, 6.45) is 0.293. The molecule has 0 radical (unpaired) electrons. The zero-order valence-electron chi connectivity index (χ0n) is 8.24. The third-order valence-corrected chi connectivity index (χ3v) is 2.71. The van der Waals surface area contributed by atoms with E-state index in [-0.39, 0.29) is 17.7 Å². The lowest BCUT2D eigenvalue weighted by molar-refractivity contribution is -0.122. The Kier molecular flexibility index (Phi) is 2.49. The van der Waals surface area contributed by atoms with Crippen LogP contribution in [-0.4, -0.2) is 11.8 Å². The monoisotopic (exact) mass is 223 g/mol. The average molecular weight is 224 g/mol. The minimum atomic E-state index is -0.215. The molecule has 1 aliphatic rings. The maximum atomic E-state index is 11.7. The molecule has 2 amide bonds. The number of anilines is 1. The first-order valence-corrected chi connectivity index (χ1v) is 5.10. The Morgan fingerprint density at radius 1 is 1.27 bits per heavy atom. The van der Waals surface area contributed by atoms with Gasteiger partial charge in [0.05, 0.1) is 5.69 Å². The number of amides is 2. The van der Waals surface area contributed by atoms with Gasteiger partial charge in [0, 0.05) is 17.4 Å². The Balaban J connectivity index is 2.35. The minimum absolute atomic E-state index is 0.137. The summed E-state index contributed by atoms with van der Waals surface area (Å²) in [6.45, 7) is 1.76. The van der Waals surface area contributed by atoms with Crippen molar-refractivity contribution in [2.45, 2.75) is 13.3 Å². The summed E-state index contributed by atoms with van der Waals surface area (Å²) >= 11 is 5.73. The van der Waals surface area contributed by atoms with Crippen LogP contribution in [0.25, 0.3) is 0 Å². The lowest BCUT2D eigenvalue weighted by atomic mass is 10.1. The van der Waals surface area contributed by atoms with Gasteiger partial charge >= 0.3 is 0 Å². The van der Waals surface area contributed by atoms with Crippen molar-refractivity contribution >= 4 is 29.1 Å². The molecule has 1 aromatic rings. The van der Waals surface area contributed by atoms with E-state index in [9.17, 15) is 9.59 Å². The van der Waals surface area contributed by atoms with Crippen LogP contribution in [0, 0.1) is 5.92 Å². The molecule has 0 spiro atoms. The van der Waals surface area contributed by atoms with E-state index in [2.05, 4.69) is 0 Å². The largest absolute Gasteiger partial charge is 0.274 e. The highest BCUT2D eigenvalue weighted by Gasteiger charge is 2.36. The smallest absolute Gasteiger partial charge is 0.237 e. The molecule has 1 fully saturated rings. The van der Waals surface area contributed by atoms with Gasteiger partial charge in [-0.2, -0.15) is 0 Å². The second-order valence-corrected chi connectivity index (χ2v) is 4.09. The number of hydrogen-bond acceptors (Lipinski definition) is 2. The van der Waals surface area contributed by atoms with E-state index in [4.69, 9.17) is 11.6 Å². The Hall–Kier alpha value is -1.35. The number of halogens is 1. The van der Waals surface area contributed by atoms with Crippen LogP contribution in [0.1, 0.15) is 13.3 Å². The quantitative estimate of drug-likeness (QED) is 0.685. The van der Waals surface area contributed by atoms with Crippen LogP contribution in [0.4, 0.5) is 5.69 Å². The van der Waals surface area contributed by atoms with E-state index in [1.165, 1.54) is 4.90 Å². The topological polar surface area (TPSA) is 37.4 Å². The summed E-state index contributed by atoms with van der Waals surface area (Å²) in [4.78, 5) is 24.4. The van der Waals surface area contributed by atoms with Crippen molar-refractivity contribution in [1.82, 2.24) is 0 Å². The molecule has 1 saturated heterocycles. The van der Waals surface area contributed by atoms with Crippen molar-refractivity contribution < 1.29 is 9.59 Å². The van der Waals surface area contributed by atoms with Crippen LogP contribution in [-0.2, 0) is 9.59 Å². The maximum absolute atomic E-state index is 11.7. The van der Waals surface area contributed by atoms with E-state index in [0.29, 0.717) is 17.1 Å². The first-order chi connectivity index (χ1) is 7.09. The molecule has 0 aromatic heterocycles. The zero-order valence-corrected chi connectivity index (χ0v) is 8.99. The van der Waals surface area contributed by atoms with Crippen LogP contribution in [0.2, 0.25) is 5.02 Å². The molecule has 1 aromatic carbocycles. The molecule has 78 valence electrons. The Morgan fingerprint density at radius 3 is 2.33 bits per heavy atom. The fourth-order valence-corrected chi connectivity index (χ4v) is 1.77. The molecule has 2 rings (SSSR count). The summed E-state index contributed by atoms with van der Waals surface area (Å²) in [5.41, 5.74) is 0.596. The van der Waals surface area contributed by atoms with Gasteiger partial charge in [-0.15, -0.1) is 0 Å². The number of benzene rings is 1. The van der Waals surface area contributed by atoms with Crippen molar-refractivity contribution in [2.75, 3.05) is 4.90 Å². The predicted molar refractivity (Wildman–Crippen MR) is 57.7 cm³/mol. The van der Waals surface area contributed by atoms with Crippen LogP contribution in [0.3, 0.4) is 0 Å². The fourth-order valence-electron chi connectivity index (χ4n) is 1.65. The second-order valence-electron chi connectivity index (χ2n) is 3.65. The number of imide groups is 1. The molecule has 15 heavy (non-hydrogen) atoms. The lowest BCUT2D eigenvalue weighted by Gasteiger charge is -2.13. The van der Waals surface area contributed by atoms with Crippen molar-refractivity contribution in [3.63, 3.8) is 0 Å². The summed E-state index contributed by atoms with van der Waals surface area (Å²) in [7, 11) is 0. The first-order valence-electron chi connectivity index (χ1n) is 4.72. The SMILES string of the molecule is C[C@H]1CC(=O)N(c2ccc(Cl)cc2)C1=O. The Morgan fingerprint density at radius 2 is 1.87 bits per heavy atom. The van der Waals surface area contributed by atoms with Gasteiger partial charge in [0.2, 0.25) is 11.8 Å². The van der Waals surface area contributed by atoms with E-state index < -0.39 is 0 Å². The van der Waals surface area contributed by atoms with Gasteiger partial charge in [-0.1, -0.05) is 18.5 Å². The van der Waals surface area contributed by atoms with Crippen molar-refractivity contribution in [3.8, 4) is 0 Å². The first kappa shape index (κ1) is 10.2. The van der Waals surface area contributed by atoms with Crippen molar-refractivity contribution in [3.05, 3.63) is 29.3 Å². The number of carbonyl (C=O) groups is 2. The van der Waals surface area contributed by atoms with E-state index in [1.54, 1.807) is 31.2 Å². The van der Waals surface area contributed by atoms with Gasteiger partial charge in [0.25, 0.3) is 0 Å². The highest BCUT2D eigenvalue weighted by atomic mass is 35.5. The van der Waals surface area contributed by atoms with Crippen molar-refractivity contribution in [1.29, 1.82) is 0 Å². The number of nitrogens with zero attached hydrogens (tertiary/aromatic N) is 1. The summed E-state index contributed by atoms with van der Waals surface area (Å²) in [6, 6.07) is 6.69. The second kappa shape index (κ2) is 3.66. The minimum Gasteiger partial charge on any atom is -0.274 e. The average Bonchev–Trinajstić information content (AvgIpc) is 2.44. The van der Waals surface area contributed by atoms with Crippen LogP contribution >= 0.6 is 11.6 Å². The third kappa shape index (κ3) is 1.75. The van der Waals surface area contributed by atoms with Gasteiger partial charge in [0.15, 0.2) is 0 Å². The maximum Gasteiger partial charge on any atom is 0.237 e. The van der Waals surface area contributed by atoms with Crippen LogP contribution in [0.15, 0.2) is 24.3 Å². The number of carbonyl (C=O) groups excluding carboxylic acids is 2. The molecule has 3 nitrogen and oxygen atoms in total. The zero-order chi connectivity index (χ0) is 11.0. The van der Waals surface area contributed by atoms with Crippen molar-refractivity contribution in [2.24, 2.45) is 5.92 Å².